The quantitative estimate of drug-likeness (QED) is 0.217. The van der Waals surface area contributed by atoms with Crippen LogP contribution in [0.1, 0.15) is 45.6 Å². The number of sulfonamides is 1. The maximum Gasteiger partial charge on any atom is 0.276 e. The molecule has 200 valence electrons. The minimum Gasteiger partial charge on any atom is -0.493 e. The van der Waals surface area contributed by atoms with Gasteiger partial charge in [-0.1, -0.05) is 26.7 Å². The van der Waals surface area contributed by atoms with Gasteiger partial charge < -0.3 is 20.7 Å². The molecule has 0 fully saturated rings. The molecule has 1 unspecified atom stereocenters. The van der Waals surface area contributed by atoms with E-state index in [-0.39, 0.29) is 54.2 Å². The number of benzene rings is 1. The highest BCUT2D eigenvalue weighted by atomic mass is 32.2. The molecule has 0 radical (unpaired) electrons. The third-order valence-electron chi connectivity index (χ3n) is 5.58. The number of aliphatic hydroxyl groups excluding tert-OH is 1. The Hall–Kier alpha value is -2.80. The number of hydrogen-bond acceptors (Lipinski definition) is 9. The van der Waals surface area contributed by atoms with Crippen molar-refractivity contribution in [3.05, 3.63) is 40.2 Å². The van der Waals surface area contributed by atoms with Crippen LogP contribution in [0.15, 0.2) is 44.2 Å². The molecule has 1 aromatic carbocycles. The number of nitrogens with zero attached hydrogens (tertiary/aromatic N) is 3. The van der Waals surface area contributed by atoms with Gasteiger partial charge in [0.2, 0.25) is 15.9 Å². The van der Waals surface area contributed by atoms with E-state index in [1.807, 2.05) is 6.92 Å². The van der Waals surface area contributed by atoms with Gasteiger partial charge in [-0.05, 0) is 50.5 Å². The average molecular weight is 524 g/mol. The minimum atomic E-state index is -3.68. The number of aromatic hydroxyl groups is 1. The maximum absolute atomic E-state index is 12.7. The Morgan fingerprint density at radius 1 is 1.11 bits per heavy atom. The van der Waals surface area contributed by atoms with Crippen molar-refractivity contribution in [2.75, 3.05) is 25.6 Å². The van der Waals surface area contributed by atoms with E-state index in [0.29, 0.717) is 11.6 Å². The minimum absolute atomic E-state index is 0.00706. The van der Waals surface area contributed by atoms with Crippen molar-refractivity contribution in [2.45, 2.75) is 64.4 Å². The average Bonchev–Trinajstić information content (AvgIpc) is 2.82. The first-order chi connectivity index (χ1) is 17.0. The van der Waals surface area contributed by atoms with Gasteiger partial charge in [0.25, 0.3) is 5.56 Å². The molecule has 36 heavy (non-hydrogen) atoms. The molecule has 0 aliphatic rings. The molecule has 0 aliphatic heterocycles. The third-order valence-corrected chi connectivity index (χ3v) is 7.19. The lowest BCUT2D eigenvalue weighted by Gasteiger charge is -2.15. The summed E-state index contributed by atoms with van der Waals surface area (Å²) in [7, 11) is -3.68. The van der Waals surface area contributed by atoms with Crippen molar-refractivity contribution in [3.8, 4) is 5.88 Å². The predicted octanol–water partition coefficient (Wildman–Crippen LogP) is 3.36. The van der Waals surface area contributed by atoms with Crippen LogP contribution in [0, 0.1) is 12.8 Å². The molecule has 5 N–H and O–H groups in total. The number of aliphatic hydroxyl groups is 1. The van der Waals surface area contributed by atoms with Crippen molar-refractivity contribution >= 4 is 27.1 Å². The summed E-state index contributed by atoms with van der Waals surface area (Å²) in [6, 6.07) is 5.66. The highest BCUT2D eigenvalue weighted by molar-refractivity contribution is 7.89. The first-order valence-corrected chi connectivity index (χ1v) is 13.4. The molecule has 0 spiro atoms. The van der Waals surface area contributed by atoms with E-state index in [1.165, 1.54) is 24.3 Å². The summed E-state index contributed by atoms with van der Waals surface area (Å²) in [5.41, 5.74) is 5.86. The molecule has 0 saturated carbocycles. The van der Waals surface area contributed by atoms with Crippen LogP contribution in [0.5, 0.6) is 5.88 Å². The number of nitrogen functional groups attached to an aromatic ring is 1. The van der Waals surface area contributed by atoms with Gasteiger partial charge in [-0.2, -0.15) is 5.11 Å². The highest BCUT2D eigenvalue weighted by Crippen LogP contribution is 2.33. The SMILES string of the molecule is Cc1c(/N=N/c2ccc(S(=O)(=O)NC(C)CCCC(C)C)cc2)c(O)n(CCOCCO)c(=O)c1N. The number of anilines is 1. The van der Waals surface area contributed by atoms with Crippen LogP contribution in [0.4, 0.5) is 17.1 Å². The van der Waals surface area contributed by atoms with Gasteiger partial charge in [0.1, 0.15) is 5.69 Å². The molecule has 0 amide bonds. The zero-order valence-corrected chi connectivity index (χ0v) is 22.1. The van der Waals surface area contributed by atoms with Crippen LogP contribution in [-0.4, -0.2) is 49.1 Å². The van der Waals surface area contributed by atoms with Crippen LogP contribution in [-0.2, 0) is 21.3 Å². The number of pyridine rings is 1. The Kier molecular flexibility index (Phi) is 11.0. The second-order valence-corrected chi connectivity index (χ2v) is 10.8. The normalized spacial score (nSPS) is 13.1. The lowest BCUT2D eigenvalue weighted by molar-refractivity contribution is 0.0854. The molecule has 2 rings (SSSR count). The van der Waals surface area contributed by atoms with Gasteiger partial charge in [-0.15, -0.1) is 5.11 Å². The number of azo groups is 1. The van der Waals surface area contributed by atoms with E-state index in [4.69, 9.17) is 15.6 Å². The molecule has 0 saturated heterocycles. The van der Waals surface area contributed by atoms with Gasteiger partial charge in [0, 0.05) is 11.6 Å². The zero-order valence-electron chi connectivity index (χ0n) is 21.3. The molecule has 12 heteroatoms. The lowest BCUT2D eigenvalue weighted by atomic mass is 10.0. The Morgan fingerprint density at radius 2 is 1.78 bits per heavy atom. The molecule has 0 bridgehead atoms. The smallest absolute Gasteiger partial charge is 0.276 e. The van der Waals surface area contributed by atoms with Crippen molar-refractivity contribution in [3.63, 3.8) is 0 Å². The summed E-state index contributed by atoms with van der Waals surface area (Å²) in [5, 5.41) is 27.5. The summed E-state index contributed by atoms with van der Waals surface area (Å²) in [6.07, 6.45) is 2.74. The molecular formula is C24H37N5O6S. The summed E-state index contributed by atoms with van der Waals surface area (Å²) >= 11 is 0. The van der Waals surface area contributed by atoms with Crippen LogP contribution in [0.25, 0.3) is 0 Å². The van der Waals surface area contributed by atoms with E-state index in [2.05, 4.69) is 28.8 Å². The second-order valence-electron chi connectivity index (χ2n) is 9.04. The fourth-order valence-corrected chi connectivity index (χ4v) is 4.78. The van der Waals surface area contributed by atoms with Crippen molar-refractivity contribution < 1.29 is 23.4 Å². The molecule has 2 aromatic rings. The number of aromatic nitrogens is 1. The summed E-state index contributed by atoms with van der Waals surface area (Å²) in [5.74, 6) is 0.157. The van der Waals surface area contributed by atoms with Crippen LogP contribution in [0.2, 0.25) is 0 Å². The van der Waals surface area contributed by atoms with Crippen molar-refractivity contribution in [2.24, 2.45) is 16.1 Å². The van der Waals surface area contributed by atoms with Crippen LogP contribution >= 0.6 is 0 Å². The lowest BCUT2D eigenvalue weighted by Crippen LogP contribution is -2.32. The van der Waals surface area contributed by atoms with Crippen LogP contribution in [0.3, 0.4) is 0 Å². The van der Waals surface area contributed by atoms with E-state index in [0.717, 1.165) is 23.8 Å². The van der Waals surface area contributed by atoms with Gasteiger partial charge in [-0.3, -0.25) is 9.36 Å². The Balaban J connectivity index is 2.17. The largest absolute Gasteiger partial charge is 0.493 e. The maximum atomic E-state index is 12.7. The van der Waals surface area contributed by atoms with E-state index in [1.54, 1.807) is 6.92 Å². The van der Waals surface area contributed by atoms with Gasteiger partial charge in [0.15, 0.2) is 5.69 Å². The van der Waals surface area contributed by atoms with Gasteiger partial charge in [0.05, 0.1) is 36.9 Å². The number of nitrogens with two attached hydrogens (primary N) is 1. The molecule has 11 nitrogen and oxygen atoms in total. The monoisotopic (exact) mass is 523 g/mol. The number of ether oxygens (including phenoxy) is 1. The predicted molar refractivity (Wildman–Crippen MR) is 139 cm³/mol. The van der Waals surface area contributed by atoms with Crippen molar-refractivity contribution in [1.82, 2.24) is 9.29 Å². The summed E-state index contributed by atoms with van der Waals surface area (Å²) < 4.78 is 34.2. The Morgan fingerprint density at radius 3 is 2.39 bits per heavy atom. The number of nitrogens with one attached hydrogen (secondary N) is 1. The standard InChI is InChI=1S/C24H37N5O6S/c1-16(2)6-5-7-17(3)28-36(33,34)20-10-8-19(9-11-20)26-27-22-18(4)21(25)23(31)29(24(22)32)12-14-35-15-13-30/h8-11,16-17,28,30,32H,5-7,12-15,25H2,1-4H3/b27-26+. The Labute approximate surface area is 212 Å². The van der Waals surface area contributed by atoms with E-state index >= 15 is 0 Å². The van der Waals surface area contributed by atoms with Crippen molar-refractivity contribution in [1.29, 1.82) is 0 Å². The fraction of sp³-hybridized carbons (Fsp3) is 0.542. The summed E-state index contributed by atoms with van der Waals surface area (Å²) in [6.45, 7) is 7.68. The summed E-state index contributed by atoms with van der Waals surface area (Å²) in [4.78, 5) is 12.5. The zero-order chi connectivity index (χ0) is 26.9. The molecule has 1 atom stereocenters. The molecule has 1 heterocycles. The molecule has 1 aromatic heterocycles. The Bertz CT molecular complexity index is 1190. The number of hydrogen-bond donors (Lipinski definition) is 4. The first-order valence-electron chi connectivity index (χ1n) is 11.9. The highest BCUT2D eigenvalue weighted by Gasteiger charge is 2.19. The molecule has 0 aliphatic carbocycles. The van der Waals surface area contributed by atoms with Gasteiger partial charge >= 0.3 is 0 Å². The van der Waals surface area contributed by atoms with E-state index < -0.39 is 21.5 Å². The van der Waals surface area contributed by atoms with Crippen LogP contribution < -0.4 is 16.0 Å². The fourth-order valence-electron chi connectivity index (χ4n) is 3.50. The number of rotatable bonds is 14. The topological polar surface area (TPSA) is 169 Å². The third kappa shape index (κ3) is 8.12. The molecular weight excluding hydrogens is 486 g/mol. The van der Waals surface area contributed by atoms with E-state index in [9.17, 15) is 18.3 Å². The first kappa shape index (κ1) is 29.4. The van der Waals surface area contributed by atoms with Gasteiger partial charge in [-0.25, -0.2) is 13.1 Å². The second kappa shape index (κ2) is 13.5.